The molecule has 1 amide bonds. The summed E-state index contributed by atoms with van der Waals surface area (Å²) in [6.07, 6.45) is -2.51. The maximum Gasteiger partial charge on any atom is 0.416 e. The number of nitrogens with one attached hydrogen (secondary N) is 1. The van der Waals surface area contributed by atoms with Crippen LogP contribution >= 0.6 is 0 Å². The van der Waals surface area contributed by atoms with Crippen LogP contribution in [0, 0.1) is 0 Å². The Hall–Kier alpha value is -3.58. The molecule has 3 aromatic carbocycles. The van der Waals surface area contributed by atoms with Crippen LogP contribution in [-0.4, -0.2) is 46.9 Å². The van der Waals surface area contributed by atoms with Crippen LogP contribution < -0.4 is 0 Å². The van der Waals surface area contributed by atoms with E-state index in [9.17, 15) is 18.0 Å². The van der Waals surface area contributed by atoms with E-state index in [2.05, 4.69) is 22.0 Å². The summed E-state index contributed by atoms with van der Waals surface area (Å²) in [7, 11) is 0. The van der Waals surface area contributed by atoms with Crippen molar-refractivity contribution in [1.29, 1.82) is 0 Å². The second kappa shape index (κ2) is 10.2. The lowest BCUT2D eigenvalue weighted by atomic mass is 9.87. The normalized spacial score (nSPS) is 15.8. The van der Waals surface area contributed by atoms with Gasteiger partial charge in [-0.3, -0.25) is 9.69 Å². The predicted octanol–water partition coefficient (Wildman–Crippen LogP) is 6.05. The van der Waals surface area contributed by atoms with Gasteiger partial charge in [-0.15, -0.1) is 0 Å². The summed E-state index contributed by atoms with van der Waals surface area (Å²) >= 11 is 0. The molecular weight excluding hydrogens is 463 g/mol. The molecular formula is C29H28F3N3O. The van der Waals surface area contributed by atoms with E-state index in [1.807, 2.05) is 53.6 Å². The first-order chi connectivity index (χ1) is 17.4. The number of nitrogens with zero attached hydrogens (tertiary/aromatic N) is 2. The van der Waals surface area contributed by atoms with E-state index < -0.39 is 17.7 Å². The summed E-state index contributed by atoms with van der Waals surface area (Å²) in [4.78, 5) is 20.8. The van der Waals surface area contributed by atoms with Gasteiger partial charge in [0.25, 0.3) is 0 Å². The molecule has 1 aliphatic rings. The highest BCUT2D eigenvalue weighted by Gasteiger charge is 2.32. The largest absolute Gasteiger partial charge is 0.416 e. The van der Waals surface area contributed by atoms with Gasteiger partial charge in [-0.25, -0.2) is 0 Å². The van der Waals surface area contributed by atoms with E-state index >= 15 is 0 Å². The van der Waals surface area contributed by atoms with Crippen molar-refractivity contribution >= 4 is 16.8 Å². The molecule has 1 saturated heterocycles. The molecule has 7 heteroatoms. The van der Waals surface area contributed by atoms with Gasteiger partial charge in [-0.2, -0.15) is 13.2 Å². The molecule has 0 radical (unpaired) electrons. The Morgan fingerprint density at radius 1 is 0.889 bits per heavy atom. The third-order valence-electron chi connectivity index (χ3n) is 6.97. The summed E-state index contributed by atoms with van der Waals surface area (Å²) in [5.41, 5.74) is 2.76. The number of aromatic amines is 1. The number of para-hydroxylation sites is 1. The number of benzene rings is 3. The number of H-pyrrole nitrogens is 1. The van der Waals surface area contributed by atoms with E-state index in [4.69, 9.17) is 0 Å². The predicted molar refractivity (Wildman–Crippen MR) is 135 cm³/mol. The minimum absolute atomic E-state index is 0.0398. The van der Waals surface area contributed by atoms with Crippen molar-refractivity contribution in [2.75, 3.05) is 26.2 Å². The Morgan fingerprint density at radius 3 is 2.36 bits per heavy atom. The number of aromatic nitrogens is 1. The van der Waals surface area contributed by atoms with Crippen molar-refractivity contribution in [3.63, 3.8) is 0 Å². The second-order valence-electron chi connectivity index (χ2n) is 9.31. The summed E-state index contributed by atoms with van der Waals surface area (Å²) in [5.74, 6) is -0.527. The summed E-state index contributed by atoms with van der Waals surface area (Å²) in [6, 6.07) is 23.3. The van der Waals surface area contributed by atoms with Crippen molar-refractivity contribution in [1.82, 2.24) is 14.8 Å². The van der Waals surface area contributed by atoms with Crippen LogP contribution in [0.4, 0.5) is 13.2 Å². The fraction of sp³-hybridized carbons (Fsp3) is 0.276. The van der Waals surface area contributed by atoms with Crippen molar-refractivity contribution in [2.24, 2.45) is 0 Å². The number of halogens is 3. The molecule has 1 atom stereocenters. The molecule has 0 bridgehead atoms. The molecule has 1 aliphatic heterocycles. The molecule has 186 valence electrons. The first kappa shape index (κ1) is 24.1. The number of hydrogen-bond donors (Lipinski definition) is 1. The molecule has 4 nitrogen and oxygen atoms in total. The van der Waals surface area contributed by atoms with E-state index in [-0.39, 0.29) is 12.3 Å². The average molecular weight is 492 g/mol. The summed E-state index contributed by atoms with van der Waals surface area (Å²) in [5, 5.41) is 0.917. The SMILES string of the molecule is O=C(CC(c1cccc(C(F)(F)F)c1)c1c[nH]c2ccccc12)N1CCN(Cc2ccccc2)CC1. The van der Waals surface area contributed by atoms with Crippen molar-refractivity contribution in [2.45, 2.75) is 25.1 Å². The molecule has 36 heavy (non-hydrogen) atoms. The van der Waals surface area contributed by atoms with Crippen LogP contribution in [0.5, 0.6) is 0 Å². The maximum atomic E-state index is 13.5. The fourth-order valence-electron chi connectivity index (χ4n) is 5.02. The van der Waals surface area contributed by atoms with E-state index in [1.54, 1.807) is 6.07 Å². The van der Waals surface area contributed by atoms with Gasteiger partial charge in [-0.05, 0) is 28.8 Å². The molecule has 0 spiro atoms. The number of alkyl halides is 3. The van der Waals surface area contributed by atoms with Gasteiger partial charge in [-0.1, -0.05) is 66.7 Å². The molecule has 2 heterocycles. The Labute approximate surface area is 208 Å². The number of rotatable bonds is 6. The molecule has 0 aliphatic carbocycles. The highest BCUT2D eigenvalue weighted by molar-refractivity contribution is 5.86. The van der Waals surface area contributed by atoms with Crippen LogP contribution in [0.2, 0.25) is 0 Å². The highest BCUT2D eigenvalue weighted by atomic mass is 19.4. The lowest BCUT2D eigenvalue weighted by molar-refractivity contribution is -0.137. The average Bonchev–Trinajstić information content (AvgIpc) is 3.32. The summed E-state index contributed by atoms with van der Waals surface area (Å²) < 4.78 is 40.5. The zero-order valence-electron chi connectivity index (χ0n) is 19.8. The number of carbonyl (C=O) groups is 1. The first-order valence-corrected chi connectivity index (χ1v) is 12.2. The molecule has 5 rings (SSSR count). The Kier molecular flexibility index (Phi) is 6.83. The Morgan fingerprint density at radius 2 is 1.61 bits per heavy atom. The van der Waals surface area contributed by atoms with E-state index in [0.717, 1.165) is 42.2 Å². The zero-order valence-corrected chi connectivity index (χ0v) is 19.8. The molecule has 1 N–H and O–H groups in total. The smallest absolute Gasteiger partial charge is 0.361 e. The van der Waals surface area contributed by atoms with Gasteiger partial charge in [0.05, 0.1) is 5.56 Å². The third-order valence-corrected chi connectivity index (χ3v) is 6.97. The molecule has 0 saturated carbocycles. The van der Waals surface area contributed by atoms with E-state index in [1.165, 1.54) is 17.7 Å². The first-order valence-electron chi connectivity index (χ1n) is 12.2. The number of piperazine rings is 1. The van der Waals surface area contributed by atoms with Gasteiger partial charge in [0.1, 0.15) is 0 Å². The Balaban J connectivity index is 1.36. The minimum Gasteiger partial charge on any atom is -0.361 e. The molecule has 1 unspecified atom stereocenters. The number of hydrogen-bond acceptors (Lipinski definition) is 2. The van der Waals surface area contributed by atoms with Gasteiger partial charge in [0.15, 0.2) is 0 Å². The van der Waals surface area contributed by atoms with Gasteiger partial charge >= 0.3 is 6.18 Å². The number of fused-ring (bicyclic) bond motifs is 1. The monoisotopic (exact) mass is 491 g/mol. The van der Waals surface area contributed by atoms with Crippen molar-refractivity contribution < 1.29 is 18.0 Å². The highest BCUT2D eigenvalue weighted by Crippen LogP contribution is 2.37. The number of carbonyl (C=O) groups excluding carboxylic acids is 1. The van der Waals surface area contributed by atoms with Crippen molar-refractivity contribution in [3.8, 4) is 0 Å². The second-order valence-corrected chi connectivity index (χ2v) is 9.31. The molecule has 4 aromatic rings. The van der Waals surface area contributed by atoms with Gasteiger partial charge in [0.2, 0.25) is 5.91 Å². The van der Waals surface area contributed by atoms with Crippen LogP contribution in [-0.2, 0) is 17.5 Å². The quantitative estimate of drug-likeness (QED) is 0.357. The summed E-state index contributed by atoms with van der Waals surface area (Å²) in [6.45, 7) is 3.58. The maximum absolute atomic E-state index is 13.5. The van der Waals surface area contributed by atoms with Gasteiger partial charge < -0.3 is 9.88 Å². The zero-order chi connectivity index (χ0) is 25.1. The van der Waals surface area contributed by atoms with Crippen LogP contribution in [0.3, 0.4) is 0 Å². The lowest BCUT2D eigenvalue weighted by Crippen LogP contribution is -2.48. The fourth-order valence-corrected chi connectivity index (χ4v) is 5.02. The van der Waals surface area contributed by atoms with Crippen LogP contribution in [0.15, 0.2) is 85.1 Å². The van der Waals surface area contributed by atoms with Crippen LogP contribution in [0.1, 0.15) is 34.6 Å². The lowest BCUT2D eigenvalue weighted by Gasteiger charge is -2.35. The number of amides is 1. The van der Waals surface area contributed by atoms with Crippen LogP contribution in [0.25, 0.3) is 10.9 Å². The van der Waals surface area contributed by atoms with E-state index in [0.29, 0.717) is 18.7 Å². The third kappa shape index (κ3) is 5.31. The minimum atomic E-state index is -4.44. The Bertz CT molecular complexity index is 1320. The topological polar surface area (TPSA) is 39.3 Å². The van der Waals surface area contributed by atoms with Gasteiger partial charge in [0, 0.05) is 62.2 Å². The standard InChI is InChI=1S/C29H28F3N3O/c30-29(31,32)23-10-6-9-22(17-23)25(26-19-33-27-12-5-4-11-24(26)27)18-28(36)35-15-13-34(14-16-35)20-21-7-2-1-3-8-21/h1-12,17,19,25,33H,13-16,18,20H2. The molecule has 1 fully saturated rings. The van der Waals surface area contributed by atoms with Crippen molar-refractivity contribution in [3.05, 3.63) is 107 Å². The molecule has 1 aromatic heterocycles.